The van der Waals surface area contributed by atoms with Crippen molar-refractivity contribution in [2.24, 2.45) is 0 Å². The van der Waals surface area contributed by atoms with E-state index in [1.54, 1.807) is 11.3 Å². The summed E-state index contributed by atoms with van der Waals surface area (Å²) in [6, 6.07) is 2.21. The van der Waals surface area contributed by atoms with Gasteiger partial charge in [-0.25, -0.2) is 0 Å². The quantitative estimate of drug-likeness (QED) is 0.847. The Kier molecular flexibility index (Phi) is 4.99. The lowest BCUT2D eigenvalue weighted by Gasteiger charge is -2.34. The third-order valence-electron chi connectivity index (χ3n) is 2.82. The Hall–Kier alpha value is 0.0600. The molecule has 0 amide bonds. The first-order valence-electron chi connectivity index (χ1n) is 5.85. The number of hydrogen-bond acceptors (Lipinski definition) is 4. The molecular formula is C12H19BrN2OS. The van der Waals surface area contributed by atoms with Gasteiger partial charge in [-0.3, -0.25) is 4.90 Å². The largest absolute Gasteiger partial charge is 0.374 e. The van der Waals surface area contributed by atoms with Crippen LogP contribution < -0.4 is 0 Å². The van der Waals surface area contributed by atoms with Crippen LogP contribution in [-0.4, -0.2) is 56.2 Å². The van der Waals surface area contributed by atoms with Gasteiger partial charge in [-0.1, -0.05) is 0 Å². The number of halogens is 1. The van der Waals surface area contributed by atoms with Crippen molar-refractivity contribution in [3.8, 4) is 0 Å². The lowest BCUT2D eigenvalue weighted by Crippen LogP contribution is -2.45. The van der Waals surface area contributed by atoms with Crippen molar-refractivity contribution in [2.45, 2.75) is 12.6 Å². The Morgan fingerprint density at radius 1 is 1.59 bits per heavy atom. The molecule has 3 nitrogen and oxygen atoms in total. The predicted molar refractivity (Wildman–Crippen MR) is 75.6 cm³/mol. The van der Waals surface area contributed by atoms with Gasteiger partial charge in [0, 0.05) is 26.2 Å². The van der Waals surface area contributed by atoms with Gasteiger partial charge >= 0.3 is 0 Å². The topological polar surface area (TPSA) is 15.7 Å². The molecule has 1 fully saturated rings. The number of likely N-dealkylation sites (N-methyl/N-ethyl adjacent to an activating group) is 1. The van der Waals surface area contributed by atoms with Gasteiger partial charge in [0.15, 0.2) is 0 Å². The fourth-order valence-corrected chi connectivity index (χ4v) is 3.33. The zero-order chi connectivity index (χ0) is 12.3. The van der Waals surface area contributed by atoms with E-state index in [4.69, 9.17) is 4.74 Å². The number of thiophene rings is 1. The van der Waals surface area contributed by atoms with Crippen molar-refractivity contribution < 1.29 is 4.74 Å². The van der Waals surface area contributed by atoms with Crippen LogP contribution >= 0.6 is 27.3 Å². The number of hydrogen-bond donors (Lipinski definition) is 0. The van der Waals surface area contributed by atoms with Gasteiger partial charge in [-0.2, -0.15) is 0 Å². The predicted octanol–water partition coefficient (Wildman–Crippen LogP) is 2.27. The van der Waals surface area contributed by atoms with Gasteiger partial charge in [0.2, 0.25) is 0 Å². The van der Waals surface area contributed by atoms with Crippen LogP contribution in [-0.2, 0) is 11.3 Å². The highest BCUT2D eigenvalue weighted by Crippen LogP contribution is 2.22. The van der Waals surface area contributed by atoms with E-state index in [0.29, 0.717) is 6.10 Å². The summed E-state index contributed by atoms with van der Waals surface area (Å²) >= 11 is 5.27. The summed E-state index contributed by atoms with van der Waals surface area (Å²) in [4.78, 5) is 4.67. The zero-order valence-electron chi connectivity index (χ0n) is 10.4. The molecule has 0 unspecified atom stereocenters. The van der Waals surface area contributed by atoms with Gasteiger partial charge in [-0.15, -0.1) is 11.3 Å². The average Bonchev–Trinajstić information content (AvgIpc) is 2.63. The van der Waals surface area contributed by atoms with Crippen molar-refractivity contribution in [1.29, 1.82) is 0 Å². The molecule has 0 aliphatic carbocycles. The first kappa shape index (κ1) is 13.5. The summed E-state index contributed by atoms with van der Waals surface area (Å²) in [5.74, 6) is 0. The summed E-state index contributed by atoms with van der Waals surface area (Å²) < 4.78 is 6.99. The van der Waals surface area contributed by atoms with E-state index in [1.165, 1.54) is 9.35 Å². The minimum Gasteiger partial charge on any atom is -0.374 e. The second-order valence-electron chi connectivity index (χ2n) is 4.75. The van der Waals surface area contributed by atoms with Gasteiger partial charge in [0.1, 0.15) is 0 Å². The molecule has 0 spiro atoms. The average molecular weight is 319 g/mol. The van der Waals surface area contributed by atoms with E-state index < -0.39 is 0 Å². The minimum absolute atomic E-state index is 0.348. The third-order valence-corrected chi connectivity index (χ3v) is 4.37. The van der Waals surface area contributed by atoms with Gasteiger partial charge in [0.25, 0.3) is 0 Å². The Labute approximate surface area is 115 Å². The molecule has 2 heterocycles. The van der Waals surface area contributed by atoms with Crippen LogP contribution in [0.25, 0.3) is 0 Å². The zero-order valence-corrected chi connectivity index (χ0v) is 12.8. The van der Waals surface area contributed by atoms with E-state index in [9.17, 15) is 0 Å². The molecule has 0 saturated carbocycles. The maximum atomic E-state index is 5.77. The normalized spacial score (nSPS) is 22.2. The molecule has 0 N–H and O–H groups in total. The number of ether oxygens (including phenoxy) is 1. The standard InChI is InChI=1S/C12H19BrN2OS/c1-14(2)7-11-8-15(3-4-16-11)6-10-5-12(13)17-9-10/h5,9,11H,3-4,6-8H2,1-2H3/t11-/m0/s1. The summed E-state index contributed by atoms with van der Waals surface area (Å²) in [6.45, 7) is 4.96. The maximum absolute atomic E-state index is 5.77. The molecule has 1 aromatic heterocycles. The maximum Gasteiger partial charge on any atom is 0.0829 e. The van der Waals surface area contributed by atoms with Crippen LogP contribution in [0.15, 0.2) is 15.2 Å². The Morgan fingerprint density at radius 3 is 3.06 bits per heavy atom. The van der Waals surface area contributed by atoms with E-state index in [1.807, 2.05) is 0 Å². The summed E-state index contributed by atoms with van der Waals surface area (Å²) in [5, 5.41) is 2.22. The molecule has 0 bridgehead atoms. The highest BCUT2D eigenvalue weighted by atomic mass is 79.9. The SMILES string of the molecule is CN(C)C[C@H]1CN(Cc2csc(Br)c2)CCO1. The molecular weight excluding hydrogens is 300 g/mol. The number of morpholine rings is 1. The van der Waals surface area contributed by atoms with E-state index in [2.05, 4.69) is 51.3 Å². The van der Waals surface area contributed by atoms with Gasteiger partial charge in [0.05, 0.1) is 16.5 Å². The summed E-state index contributed by atoms with van der Waals surface area (Å²) in [5.41, 5.74) is 1.40. The van der Waals surface area contributed by atoms with Crippen LogP contribution in [0.5, 0.6) is 0 Å². The highest BCUT2D eigenvalue weighted by Gasteiger charge is 2.21. The van der Waals surface area contributed by atoms with E-state index in [-0.39, 0.29) is 0 Å². The molecule has 1 aliphatic heterocycles. The summed E-state index contributed by atoms with van der Waals surface area (Å²) in [6.07, 6.45) is 0.348. The van der Waals surface area contributed by atoms with Crippen molar-refractivity contribution >= 4 is 27.3 Å². The second-order valence-corrected chi connectivity index (χ2v) is 7.04. The second kappa shape index (κ2) is 6.29. The molecule has 1 aliphatic rings. The molecule has 1 atom stereocenters. The van der Waals surface area contributed by atoms with Gasteiger partial charge in [-0.05, 0) is 47.0 Å². The van der Waals surface area contributed by atoms with Crippen molar-refractivity contribution in [2.75, 3.05) is 40.3 Å². The molecule has 0 aromatic carbocycles. The fourth-order valence-electron chi connectivity index (χ4n) is 2.13. The highest BCUT2D eigenvalue weighted by molar-refractivity contribution is 9.11. The lowest BCUT2D eigenvalue weighted by atomic mass is 10.2. The molecule has 1 aromatic rings. The first-order chi connectivity index (χ1) is 8.13. The smallest absolute Gasteiger partial charge is 0.0829 e. The van der Waals surface area contributed by atoms with Crippen LogP contribution in [0.2, 0.25) is 0 Å². The van der Waals surface area contributed by atoms with Crippen molar-refractivity contribution in [3.05, 3.63) is 20.8 Å². The lowest BCUT2D eigenvalue weighted by molar-refractivity contribution is -0.0406. The Morgan fingerprint density at radius 2 is 2.41 bits per heavy atom. The minimum atomic E-state index is 0.348. The van der Waals surface area contributed by atoms with Crippen molar-refractivity contribution in [3.63, 3.8) is 0 Å². The van der Waals surface area contributed by atoms with Gasteiger partial charge < -0.3 is 9.64 Å². The molecule has 96 valence electrons. The molecule has 0 radical (unpaired) electrons. The van der Waals surface area contributed by atoms with Crippen LogP contribution in [0.3, 0.4) is 0 Å². The van der Waals surface area contributed by atoms with E-state index in [0.717, 1.165) is 32.8 Å². The Balaban J connectivity index is 1.85. The molecule has 17 heavy (non-hydrogen) atoms. The van der Waals surface area contributed by atoms with E-state index >= 15 is 0 Å². The van der Waals surface area contributed by atoms with Crippen molar-refractivity contribution in [1.82, 2.24) is 9.80 Å². The molecule has 2 rings (SSSR count). The monoisotopic (exact) mass is 318 g/mol. The van der Waals surface area contributed by atoms with Crippen LogP contribution in [0.1, 0.15) is 5.56 Å². The first-order valence-corrected chi connectivity index (χ1v) is 7.52. The number of rotatable bonds is 4. The molecule has 1 saturated heterocycles. The fraction of sp³-hybridized carbons (Fsp3) is 0.667. The third kappa shape index (κ3) is 4.34. The van der Waals surface area contributed by atoms with Crippen LogP contribution in [0, 0.1) is 0 Å². The molecule has 5 heteroatoms. The Bertz CT molecular complexity index is 356. The number of nitrogens with zero attached hydrogens (tertiary/aromatic N) is 2. The summed E-state index contributed by atoms with van der Waals surface area (Å²) in [7, 11) is 4.19. The van der Waals surface area contributed by atoms with Crippen LogP contribution in [0.4, 0.5) is 0 Å².